The van der Waals surface area contributed by atoms with Crippen molar-refractivity contribution in [3.05, 3.63) is 191 Å². The Labute approximate surface area is 415 Å². The molecule has 12 aromatic rings. The molecule has 348 valence electrons. The fourth-order valence-electron chi connectivity index (χ4n) is 13.2. The summed E-state index contributed by atoms with van der Waals surface area (Å²) in [5.41, 5.74) is 18.2. The number of hydrogen-bond acceptors (Lipinski definition) is 4. The van der Waals surface area contributed by atoms with Gasteiger partial charge in [-0.2, -0.15) is 0 Å². The number of para-hydroxylation sites is 4. The lowest BCUT2D eigenvalue weighted by Gasteiger charge is -2.30. The molecule has 4 heteroatoms. The van der Waals surface area contributed by atoms with Crippen LogP contribution in [-0.2, 0) is 0 Å². The number of benzene rings is 10. The van der Waals surface area contributed by atoms with Crippen LogP contribution in [0.25, 0.3) is 76.2 Å². The second-order valence-electron chi connectivity index (χ2n) is 21.1. The quantitative estimate of drug-likeness (QED) is 0.142. The minimum absolute atomic E-state index is 0.529. The van der Waals surface area contributed by atoms with E-state index in [1.54, 1.807) is 0 Å². The smallest absolute Gasteiger partial charge is 0.159 e. The molecule has 2 aliphatic rings. The lowest BCUT2D eigenvalue weighted by Crippen LogP contribution is -2.13. The molecule has 4 nitrogen and oxygen atoms in total. The SMILES string of the molecule is Cc1ccc(C)c(N(c2ccc3ccc4c(N(c5cc(C)ccc5C)c5cccc6c5oc5c(C7CCCC7)cccc56)ccc5ccc2c3c54)c2cccc3c2oc2c(C4CCCCC4)cccc23)c1. The van der Waals surface area contributed by atoms with Gasteiger partial charge in [0.05, 0.1) is 22.7 Å². The van der Waals surface area contributed by atoms with Crippen LogP contribution in [0.4, 0.5) is 34.1 Å². The number of nitrogens with zero attached hydrogens (tertiary/aromatic N) is 2. The van der Waals surface area contributed by atoms with Crippen molar-refractivity contribution in [3.8, 4) is 0 Å². The average molecular weight is 923 g/mol. The summed E-state index contributed by atoms with van der Waals surface area (Å²) in [6.45, 7) is 8.88. The molecule has 2 aliphatic carbocycles. The molecule has 14 rings (SSSR count). The summed E-state index contributed by atoms with van der Waals surface area (Å²) >= 11 is 0. The van der Waals surface area contributed by atoms with Gasteiger partial charge in [-0.1, -0.05) is 153 Å². The molecule has 71 heavy (non-hydrogen) atoms. The maximum absolute atomic E-state index is 7.26. The fourth-order valence-corrected chi connectivity index (χ4v) is 13.2. The lowest BCUT2D eigenvalue weighted by molar-refractivity contribution is 0.442. The monoisotopic (exact) mass is 922 g/mol. The molecule has 2 aromatic heterocycles. The lowest BCUT2D eigenvalue weighted by atomic mass is 9.83. The van der Waals surface area contributed by atoms with Gasteiger partial charge in [-0.3, -0.25) is 0 Å². The molecule has 2 fully saturated rings. The van der Waals surface area contributed by atoms with Crippen molar-refractivity contribution in [1.82, 2.24) is 0 Å². The number of hydrogen-bond donors (Lipinski definition) is 0. The summed E-state index contributed by atoms with van der Waals surface area (Å²) in [6, 6.07) is 59.5. The van der Waals surface area contributed by atoms with Crippen molar-refractivity contribution in [1.29, 1.82) is 0 Å². The molecule has 0 spiro atoms. The van der Waals surface area contributed by atoms with Gasteiger partial charge in [0.15, 0.2) is 11.2 Å². The van der Waals surface area contributed by atoms with E-state index < -0.39 is 0 Å². The van der Waals surface area contributed by atoms with E-state index in [1.807, 2.05) is 0 Å². The van der Waals surface area contributed by atoms with Crippen LogP contribution in [0, 0.1) is 27.7 Å². The third-order valence-electron chi connectivity index (χ3n) is 16.7. The summed E-state index contributed by atoms with van der Waals surface area (Å²) < 4.78 is 14.5. The van der Waals surface area contributed by atoms with Gasteiger partial charge in [0.2, 0.25) is 0 Å². The highest BCUT2D eigenvalue weighted by molar-refractivity contribution is 6.29. The zero-order chi connectivity index (χ0) is 47.5. The summed E-state index contributed by atoms with van der Waals surface area (Å²) in [5, 5.41) is 12.1. The van der Waals surface area contributed by atoms with Crippen LogP contribution in [0.1, 0.15) is 103 Å². The van der Waals surface area contributed by atoms with Crippen LogP contribution in [0.5, 0.6) is 0 Å². The first-order valence-corrected chi connectivity index (χ1v) is 26.2. The van der Waals surface area contributed by atoms with Crippen molar-refractivity contribution in [2.45, 2.75) is 97.3 Å². The summed E-state index contributed by atoms with van der Waals surface area (Å²) in [5.74, 6) is 1.07. The number of anilines is 6. The topological polar surface area (TPSA) is 32.8 Å². The van der Waals surface area contributed by atoms with Gasteiger partial charge in [-0.15, -0.1) is 0 Å². The highest BCUT2D eigenvalue weighted by atomic mass is 16.3. The predicted molar refractivity (Wildman–Crippen MR) is 300 cm³/mol. The first kappa shape index (κ1) is 42.3. The van der Waals surface area contributed by atoms with Gasteiger partial charge in [-0.05, 0) is 157 Å². The van der Waals surface area contributed by atoms with E-state index in [0.717, 1.165) is 67.2 Å². The van der Waals surface area contributed by atoms with Crippen molar-refractivity contribution in [3.63, 3.8) is 0 Å². The maximum Gasteiger partial charge on any atom is 0.159 e. The van der Waals surface area contributed by atoms with E-state index in [1.165, 1.54) is 134 Å². The van der Waals surface area contributed by atoms with Crippen molar-refractivity contribution in [2.75, 3.05) is 9.80 Å². The molecular formula is C67H58N2O2. The number of aryl methyl sites for hydroxylation is 4. The van der Waals surface area contributed by atoms with E-state index in [9.17, 15) is 0 Å². The standard InChI is InChI=1S/C67H58N2O2/c1-40-26-28-42(3)60(38-40)68(58-24-12-22-52-50-20-10-18-48(64(50)70-66(52)58)44-14-6-5-7-15-44)56-36-32-46-31-35-55-57(37-33-47-30-34-54(56)62(46)63(47)55)69(61-39-41(2)27-29-43(61)4)59-25-13-23-53-51-21-11-19-49(45-16-8-9-17-45)65(51)71-67(53)59/h10-13,18-39,44-45H,5-9,14-17H2,1-4H3. The highest BCUT2D eigenvalue weighted by Crippen LogP contribution is 2.52. The number of rotatable bonds is 8. The molecule has 0 aliphatic heterocycles. The third-order valence-corrected chi connectivity index (χ3v) is 16.7. The van der Waals surface area contributed by atoms with Gasteiger partial charge in [-0.25, -0.2) is 0 Å². The first-order chi connectivity index (χ1) is 34.9. The fraction of sp³-hybridized carbons (Fsp3) is 0.224. The van der Waals surface area contributed by atoms with E-state index in [4.69, 9.17) is 8.83 Å². The Kier molecular flexibility index (Phi) is 9.85. The number of furan rings is 2. The summed E-state index contributed by atoms with van der Waals surface area (Å²) in [4.78, 5) is 4.98. The molecule has 0 bridgehead atoms. The molecule has 0 amide bonds. The molecule has 0 unspecified atom stereocenters. The Bertz CT molecular complexity index is 4060. The number of fused-ring (bicyclic) bond motifs is 6. The zero-order valence-corrected chi connectivity index (χ0v) is 41.2. The minimum atomic E-state index is 0.529. The minimum Gasteiger partial charge on any atom is -0.454 e. The zero-order valence-electron chi connectivity index (χ0n) is 41.2. The van der Waals surface area contributed by atoms with Crippen LogP contribution >= 0.6 is 0 Å². The molecule has 0 radical (unpaired) electrons. The Morgan fingerprint density at radius 3 is 1.18 bits per heavy atom. The van der Waals surface area contributed by atoms with Crippen molar-refractivity contribution < 1.29 is 8.83 Å². The normalized spacial score (nSPS) is 15.0. The molecule has 10 aromatic carbocycles. The Morgan fingerprint density at radius 2 is 0.732 bits per heavy atom. The van der Waals surface area contributed by atoms with E-state index >= 15 is 0 Å². The molecule has 2 saturated carbocycles. The van der Waals surface area contributed by atoms with Crippen LogP contribution in [0.15, 0.2) is 167 Å². The molecule has 2 heterocycles. The summed E-state index contributed by atoms with van der Waals surface area (Å²) in [7, 11) is 0. The Hall–Kier alpha value is -7.56. The maximum atomic E-state index is 7.26. The second-order valence-corrected chi connectivity index (χ2v) is 21.1. The van der Waals surface area contributed by atoms with Gasteiger partial charge >= 0.3 is 0 Å². The van der Waals surface area contributed by atoms with Crippen LogP contribution < -0.4 is 9.80 Å². The summed E-state index contributed by atoms with van der Waals surface area (Å²) in [6.07, 6.45) is 11.4. The largest absolute Gasteiger partial charge is 0.454 e. The van der Waals surface area contributed by atoms with Gasteiger partial charge in [0.25, 0.3) is 0 Å². The van der Waals surface area contributed by atoms with Gasteiger partial charge < -0.3 is 18.6 Å². The molecular weight excluding hydrogens is 865 g/mol. The predicted octanol–water partition coefficient (Wildman–Crippen LogP) is 20.3. The van der Waals surface area contributed by atoms with Crippen LogP contribution in [-0.4, -0.2) is 0 Å². The molecule has 0 saturated heterocycles. The Balaban J connectivity index is 1.01. The Morgan fingerprint density at radius 1 is 0.338 bits per heavy atom. The van der Waals surface area contributed by atoms with Crippen molar-refractivity contribution in [2.24, 2.45) is 0 Å². The highest BCUT2D eigenvalue weighted by Gasteiger charge is 2.29. The van der Waals surface area contributed by atoms with Crippen molar-refractivity contribution >= 4 is 110 Å². The van der Waals surface area contributed by atoms with E-state index in [0.29, 0.717) is 11.8 Å². The second kappa shape index (κ2) is 16.5. The van der Waals surface area contributed by atoms with E-state index in [-0.39, 0.29) is 0 Å². The van der Waals surface area contributed by atoms with E-state index in [2.05, 4.69) is 195 Å². The molecule has 0 atom stereocenters. The van der Waals surface area contributed by atoms with Crippen LogP contribution in [0.3, 0.4) is 0 Å². The van der Waals surface area contributed by atoms with Crippen LogP contribution in [0.2, 0.25) is 0 Å². The first-order valence-electron chi connectivity index (χ1n) is 26.2. The molecule has 0 N–H and O–H groups in total. The van der Waals surface area contributed by atoms with Gasteiger partial charge in [0.1, 0.15) is 11.2 Å². The van der Waals surface area contributed by atoms with Gasteiger partial charge in [0, 0.05) is 43.7 Å². The average Bonchev–Trinajstić information content (AvgIpc) is 4.18. The third kappa shape index (κ3) is 6.63.